The lowest BCUT2D eigenvalue weighted by Gasteiger charge is -2.09. The fourth-order valence-corrected chi connectivity index (χ4v) is 1.79. The molecule has 6 nitrogen and oxygen atoms in total. The van der Waals surface area contributed by atoms with Crippen molar-refractivity contribution in [3.63, 3.8) is 0 Å². The zero-order valence-corrected chi connectivity index (χ0v) is 10.2. The molecular weight excluding hydrogens is 240 g/mol. The second-order valence-electron chi connectivity index (χ2n) is 3.36. The molecule has 0 unspecified atom stereocenters. The summed E-state index contributed by atoms with van der Waals surface area (Å²) in [5, 5.41) is 11.6. The molecule has 0 saturated carbocycles. The smallest absolute Gasteiger partial charge is 0.213 e. The molecule has 0 aliphatic carbocycles. The predicted molar refractivity (Wildman–Crippen MR) is 66.9 cm³/mol. The summed E-state index contributed by atoms with van der Waals surface area (Å²) in [7, 11) is -1.85. The first-order valence-electron chi connectivity index (χ1n) is 4.93. The van der Waals surface area contributed by atoms with E-state index in [0.29, 0.717) is 16.9 Å². The Labute approximate surface area is 100 Å². The largest absolute Gasteiger partial charge is 0.397 e. The van der Waals surface area contributed by atoms with E-state index in [4.69, 9.17) is 11.0 Å². The van der Waals surface area contributed by atoms with Crippen molar-refractivity contribution in [1.29, 1.82) is 5.26 Å². The number of sulfonamides is 1. The first-order chi connectivity index (χ1) is 7.98. The summed E-state index contributed by atoms with van der Waals surface area (Å²) in [5.74, 6) is -0.0387. The van der Waals surface area contributed by atoms with Gasteiger partial charge in [-0.1, -0.05) is 0 Å². The van der Waals surface area contributed by atoms with Gasteiger partial charge in [-0.05, 0) is 25.2 Å². The predicted octanol–water partition coefficient (Wildman–Crippen LogP) is 0.102. The van der Waals surface area contributed by atoms with Gasteiger partial charge in [0.1, 0.15) is 0 Å². The van der Waals surface area contributed by atoms with Gasteiger partial charge < -0.3 is 11.1 Å². The molecule has 1 rings (SSSR count). The maximum absolute atomic E-state index is 11.1. The summed E-state index contributed by atoms with van der Waals surface area (Å²) < 4.78 is 24.5. The lowest BCUT2D eigenvalue weighted by Crippen LogP contribution is -2.26. The Morgan fingerprint density at radius 2 is 2.18 bits per heavy atom. The number of anilines is 2. The molecule has 0 radical (unpaired) electrons. The van der Waals surface area contributed by atoms with Crippen LogP contribution in [0.1, 0.15) is 5.56 Å². The van der Waals surface area contributed by atoms with Crippen molar-refractivity contribution in [2.75, 3.05) is 30.4 Å². The molecule has 0 amide bonds. The number of nitrogens with one attached hydrogen (secondary N) is 2. The van der Waals surface area contributed by atoms with Crippen LogP contribution in [-0.2, 0) is 10.0 Å². The first kappa shape index (κ1) is 13.3. The summed E-state index contributed by atoms with van der Waals surface area (Å²) in [6.45, 7) is 0.249. The van der Waals surface area contributed by atoms with E-state index in [1.54, 1.807) is 12.1 Å². The highest BCUT2D eigenvalue weighted by atomic mass is 32.2. The van der Waals surface area contributed by atoms with E-state index in [1.807, 2.05) is 6.07 Å². The molecule has 0 aliphatic heterocycles. The number of rotatable bonds is 5. The average molecular weight is 254 g/mol. The number of nitrogen functional groups attached to an aromatic ring is 1. The highest BCUT2D eigenvalue weighted by Crippen LogP contribution is 2.18. The van der Waals surface area contributed by atoms with Crippen molar-refractivity contribution in [3.8, 4) is 6.07 Å². The molecule has 0 spiro atoms. The highest BCUT2D eigenvalue weighted by molar-refractivity contribution is 7.89. The maximum Gasteiger partial charge on any atom is 0.213 e. The fourth-order valence-electron chi connectivity index (χ4n) is 1.22. The van der Waals surface area contributed by atoms with Gasteiger partial charge in [-0.2, -0.15) is 5.26 Å². The first-order valence-corrected chi connectivity index (χ1v) is 6.58. The molecule has 0 saturated heterocycles. The molecule has 0 aromatic heterocycles. The number of nitrogens with two attached hydrogens (primary N) is 1. The van der Waals surface area contributed by atoms with Crippen LogP contribution in [0.4, 0.5) is 11.4 Å². The summed E-state index contributed by atoms with van der Waals surface area (Å²) in [5.41, 5.74) is 7.21. The van der Waals surface area contributed by atoms with Crippen molar-refractivity contribution in [3.05, 3.63) is 23.8 Å². The Kier molecular flexibility index (Phi) is 4.31. The summed E-state index contributed by atoms with van der Waals surface area (Å²) in [6, 6.07) is 6.78. The van der Waals surface area contributed by atoms with Crippen LogP contribution in [0.3, 0.4) is 0 Å². The van der Waals surface area contributed by atoms with Gasteiger partial charge >= 0.3 is 0 Å². The quantitative estimate of drug-likeness (QED) is 0.646. The molecule has 0 bridgehead atoms. The van der Waals surface area contributed by atoms with E-state index < -0.39 is 10.0 Å². The van der Waals surface area contributed by atoms with Gasteiger partial charge in [-0.25, -0.2) is 13.1 Å². The molecule has 1 aromatic carbocycles. The van der Waals surface area contributed by atoms with Crippen molar-refractivity contribution in [1.82, 2.24) is 4.72 Å². The van der Waals surface area contributed by atoms with E-state index in [-0.39, 0.29) is 12.3 Å². The Bertz CT molecular complexity index is 534. The lowest BCUT2D eigenvalue weighted by atomic mass is 10.2. The monoisotopic (exact) mass is 254 g/mol. The molecule has 1 aromatic rings. The van der Waals surface area contributed by atoms with Crippen molar-refractivity contribution in [2.24, 2.45) is 0 Å². The van der Waals surface area contributed by atoms with Gasteiger partial charge in [-0.15, -0.1) is 0 Å². The normalized spacial score (nSPS) is 10.8. The number of hydrogen-bond acceptors (Lipinski definition) is 5. The van der Waals surface area contributed by atoms with Gasteiger partial charge in [0.2, 0.25) is 10.0 Å². The number of benzene rings is 1. The molecule has 0 fully saturated rings. The second-order valence-corrected chi connectivity index (χ2v) is 5.41. The Hall–Kier alpha value is -1.78. The average Bonchev–Trinajstić information content (AvgIpc) is 2.31. The van der Waals surface area contributed by atoms with Crippen LogP contribution in [0, 0.1) is 11.3 Å². The van der Waals surface area contributed by atoms with Crippen LogP contribution < -0.4 is 15.8 Å². The van der Waals surface area contributed by atoms with Crippen LogP contribution in [0.25, 0.3) is 0 Å². The third kappa shape index (κ3) is 3.94. The van der Waals surface area contributed by atoms with E-state index in [9.17, 15) is 8.42 Å². The van der Waals surface area contributed by atoms with E-state index in [0.717, 1.165) is 0 Å². The molecule has 0 heterocycles. The highest BCUT2D eigenvalue weighted by Gasteiger charge is 2.06. The third-order valence-corrected chi connectivity index (χ3v) is 3.54. The van der Waals surface area contributed by atoms with Gasteiger partial charge in [-0.3, -0.25) is 0 Å². The molecule has 7 heteroatoms. The summed E-state index contributed by atoms with van der Waals surface area (Å²) in [6.07, 6.45) is 0. The molecule has 0 aliphatic rings. The fraction of sp³-hybridized carbons (Fsp3) is 0.300. The zero-order chi connectivity index (χ0) is 12.9. The van der Waals surface area contributed by atoms with Crippen LogP contribution in [0.15, 0.2) is 18.2 Å². The van der Waals surface area contributed by atoms with Crippen LogP contribution in [0.2, 0.25) is 0 Å². The summed E-state index contributed by atoms with van der Waals surface area (Å²) >= 11 is 0. The minimum Gasteiger partial charge on any atom is -0.397 e. The van der Waals surface area contributed by atoms with Crippen molar-refractivity contribution < 1.29 is 8.42 Å². The van der Waals surface area contributed by atoms with Crippen LogP contribution in [0.5, 0.6) is 0 Å². The van der Waals surface area contributed by atoms with Gasteiger partial charge in [0.15, 0.2) is 0 Å². The zero-order valence-electron chi connectivity index (χ0n) is 9.40. The van der Waals surface area contributed by atoms with Gasteiger partial charge in [0.05, 0.1) is 28.8 Å². The maximum atomic E-state index is 11.1. The Morgan fingerprint density at radius 3 is 2.71 bits per heavy atom. The van der Waals surface area contributed by atoms with E-state index >= 15 is 0 Å². The Morgan fingerprint density at radius 1 is 1.47 bits per heavy atom. The number of hydrogen-bond donors (Lipinski definition) is 3. The molecule has 4 N–H and O–H groups in total. The van der Waals surface area contributed by atoms with Crippen molar-refractivity contribution in [2.45, 2.75) is 0 Å². The molecule has 17 heavy (non-hydrogen) atoms. The molecule has 92 valence electrons. The Balaban J connectivity index is 2.62. The standard InChI is InChI=1S/C10H14N4O2S/c1-13-17(15,16)5-4-14-10-3-2-8(7-11)6-9(10)12/h2-3,6,13-14H,4-5,12H2,1H3. The third-order valence-electron chi connectivity index (χ3n) is 2.18. The molecule has 0 atom stereocenters. The van der Waals surface area contributed by atoms with Crippen molar-refractivity contribution >= 4 is 21.4 Å². The SMILES string of the molecule is CNS(=O)(=O)CCNc1ccc(C#N)cc1N. The lowest BCUT2D eigenvalue weighted by molar-refractivity contribution is 0.588. The van der Waals surface area contributed by atoms with Crippen LogP contribution >= 0.6 is 0 Å². The minimum atomic E-state index is -3.22. The van der Waals surface area contributed by atoms with Crippen LogP contribution in [-0.4, -0.2) is 27.8 Å². The summed E-state index contributed by atoms with van der Waals surface area (Å²) in [4.78, 5) is 0. The topological polar surface area (TPSA) is 108 Å². The number of nitriles is 1. The minimum absolute atomic E-state index is 0.0387. The van der Waals surface area contributed by atoms with Gasteiger partial charge in [0.25, 0.3) is 0 Å². The molecular formula is C10H14N4O2S. The van der Waals surface area contributed by atoms with E-state index in [2.05, 4.69) is 10.0 Å². The van der Waals surface area contributed by atoms with Gasteiger partial charge in [0, 0.05) is 6.54 Å². The second kappa shape index (κ2) is 5.52. The van der Waals surface area contributed by atoms with E-state index in [1.165, 1.54) is 13.1 Å². The number of nitrogens with zero attached hydrogens (tertiary/aromatic N) is 1.